The summed E-state index contributed by atoms with van der Waals surface area (Å²) in [7, 11) is 0. The average Bonchev–Trinajstić information content (AvgIpc) is 3.48. The lowest BCUT2D eigenvalue weighted by molar-refractivity contribution is -0.134. The number of pyridine rings is 1. The second-order valence-electron chi connectivity index (χ2n) is 7.27. The highest BCUT2D eigenvalue weighted by atomic mass is 16.4. The summed E-state index contributed by atoms with van der Waals surface area (Å²) in [5, 5.41) is 14.1. The van der Waals surface area contributed by atoms with Crippen molar-refractivity contribution in [3.05, 3.63) is 60.9 Å². The lowest BCUT2D eigenvalue weighted by atomic mass is 10.1. The van der Waals surface area contributed by atoms with Crippen molar-refractivity contribution < 1.29 is 14.0 Å². The van der Waals surface area contributed by atoms with E-state index < -0.39 is 5.91 Å². The molecule has 1 saturated heterocycles. The SMILES string of the molecule is CC(=O)N1CC(n2cc(NC(=O)c3ccc(-c4cn[nH]c4)o3)c(-c3ccccn3)n2)C1. The van der Waals surface area contributed by atoms with Crippen LogP contribution in [0.15, 0.2) is 59.5 Å². The first kappa shape index (κ1) is 18.8. The number of aromatic nitrogens is 5. The molecule has 31 heavy (non-hydrogen) atoms. The van der Waals surface area contributed by atoms with Crippen molar-refractivity contribution in [3.63, 3.8) is 0 Å². The van der Waals surface area contributed by atoms with Gasteiger partial charge in [0.2, 0.25) is 5.91 Å². The van der Waals surface area contributed by atoms with Crippen LogP contribution in [0.25, 0.3) is 22.7 Å². The molecule has 0 saturated carbocycles. The Kier molecular flexibility index (Phi) is 4.58. The number of aromatic amines is 1. The molecule has 0 spiro atoms. The summed E-state index contributed by atoms with van der Waals surface area (Å²) in [6, 6.07) is 8.88. The van der Waals surface area contributed by atoms with Gasteiger partial charge in [-0.2, -0.15) is 10.2 Å². The van der Waals surface area contributed by atoms with Gasteiger partial charge in [0.1, 0.15) is 11.5 Å². The number of rotatable bonds is 5. The number of carbonyl (C=O) groups excluding carboxylic acids is 2. The standard InChI is InChI=1S/C21H19N7O3/c1-13(29)27-10-15(11-27)28-12-17(20(26-28)16-4-2-3-7-22-16)25-21(30)19-6-5-18(31-19)14-8-23-24-9-14/h2-9,12,15H,10-11H2,1H3,(H,23,24)(H,25,30). The van der Waals surface area contributed by atoms with E-state index in [0.29, 0.717) is 35.9 Å². The average molecular weight is 417 g/mol. The van der Waals surface area contributed by atoms with Crippen molar-refractivity contribution in [2.24, 2.45) is 0 Å². The molecule has 0 atom stereocenters. The van der Waals surface area contributed by atoms with Gasteiger partial charge in [0.15, 0.2) is 5.76 Å². The van der Waals surface area contributed by atoms with Crippen molar-refractivity contribution in [1.82, 2.24) is 29.9 Å². The Morgan fingerprint density at radius 2 is 2.10 bits per heavy atom. The van der Waals surface area contributed by atoms with E-state index in [-0.39, 0.29) is 17.7 Å². The predicted molar refractivity (Wildman–Crippen MR) is 111 cm³/mol. The third kappa shape index (κ3) is 3.59. The van der Waals surface area contributed by atoms with Crippen molar-refractivity contribution in [2.75, 3.05) is 18.4 Å². The van der Waals surface area contributed by atoms with Crippen LogP contribution in [0.4, 0.5) is 5.69 Å². The molecule has 5 heterocycles. The first-order chi connectivity index (χ1) is 15.1. The highest BCUT2D eigenvalue weighted by Gasteiger charge is 2.32. The molecule has 5 rings (SSSR count). The highest BCUT2D eigenvalue weighted by molar-refractivity contribution is 6.04. The van der Waals surface area contributed by atoms with Gasteiger partial charge in [0.05, 0.1) is 29.2 Å². The van der Waals surface area contributed by atoms with E-state index in [1.807, 2.05) is 18.2 Å². The number of anilines is 1. The third-order valence-electron chi connectivity index (χ3n) is 5.18. The Hall–Kier alpha value is -4.21. The normalized spacial score (nSPS) is 13.8. The molecule has 0 radical (unpaired) electrons. The minimum absolute atomic E-state index is 0.0353. The summed E-state index contributed by atoms with van der Waals surface area (Å²) in [6.45, 7) is 2.71. The van der Waals surface area contributed by atoms with Crippen molar-refractivity contribution in [1.29, 1.82) is 0 Å². The zero-order chi connectivity index (χ0) is 21.4. The fourth-order valence-corrected chi connectivity index (χ4v) is 3.43. The number of carbonyl (C=O) groups is 2. The lowest BCUT2D eigenvalue weighted by Crippen LogP contribution is -2.50. The van der Waals surface area contributed by atoms with Crippen molar-refractivity contribution in [2.45, 2.75) is 13.0 Å². The van der Waals surface area contributed by atoms with Gasteiger partial charge < -0.3 is 14.6 Å². The smallest absolute Gasteiger partial charge is 0.291 e. The van der Waals surface area contributed by atoms with E-state index in [2.05, 4.69) is 25.6 Å². The Bertz CT molecular complexity index is 1220. The number of hydrogen-bond acceptors (Lipinski definition) is 6. The van der Waals surface area contributed by atoms with Crippen LogP contribution in [-0.4, -0.2) is 54.8 Å². The summed E-state index contributed by atoms with van der Waals surface area (Å²) >= 11 is 0. The largest absolute Gasteiger partial charge is 0.451 e. The van der Waals surface area contributed by atoms with Crippen LogP contribution in [0, 0.1) is 0 Å². The maximum absolute atomic E-state index is 12.8. The maximum Gasteiger partial charge on any atom is 0.291 e. The van der Waals surface area contributed by atoms with E-state index in [4.69, 9.17) is 4.42 Å². The van der Waals surface area contributed by atoms with Crippen LogP contribution in [0.5, 0.6) is 0 Å². The Labute approximate surface area is 176 Å². The molecule has 4 aromatic heterocycles. The molecule has 1 fully saturated rings. The topological polar surface area (TPSA) is 122 Å². The summed E-state index contributed by atoms with van der Waals surface area (Å²) < 4.78 is 7.45. The number of furan rings is 1. The Balaban J connectivity index is 1.41. The summed E-state index contributed by atoms with van der Waals surface area (Å²) in [6.07, 6.45) is 6.74. The number of H-pyrrole nitrogens is 1. The summed E-state index contributed by atoms with van der Waals surface area (Å²) in [4.78, 5) is 30.4. The second-order valence-corrected chi connectivity index (χ2v) is 7.27. The highest BCUT2D eigenvalue weighted by Crippen LogP contribution is 2.30. The molecule has 2 N–H and O–H groups in total. The molecule has 1 aliphatic rings. The molecule has 0 aliphatic carbocycles. The van der Waals surface area contributed by atoms with Gasteiger partial charge in [-0.25, -0.2) is 0 Å². The zero-order valence-electron chi connectivity index (χ0n) is 16.6. The molecule has 10 nitrogen and oxygen atoms in total. The molecule has 2 amide bonds. The summed E-state index contributed by atoms with van der Waals surface area (Å²) in [5.41, 5.74) is 2.46. The van der Waals surface area contributed by atoms with Crippen LogP contribution in [0.1, 0.15) is 23.5 Å². The number of nitrogens with one attached hydrogen (secondary N) is 2. The predicted octanol–water partition coefficient (Wildman–Crippen LogP) is 2.58. The van der Waals surface area contributed by atoms with E-state index >= 15 is 0 Å². The van der Waals surface area contributed by atoms with Gasteiger partial charge >= 0.3 is 0 Å². The molecule has 0 bridgehead atoms. The fraction of sp³-hybridized carbons (Fsp3) is 0.190. The molecule has 0 aromatic carbocycles. The van der Waals surface area contributed by atoms with Gasteiger partial charge in [-0.3, -0.25) is 24.4 Å². The lowest BCUT2D eigenvalue weighted by Gasteiger charge is -2.38. The molecule has 0 unspecified atom stereocenters. The monoisotopic (exact) mass is 417 g/mol. The molecule has 10 heteroatoms. The Morgan fingerprint density at radius 3 is 2.81 bits per heavy atom. The first-order valence-electron chi connectivity index (χ1n) is 9.75. The van der Waals surface area contributed by atoms with E-state index in [1.54, 1.807) is 53.4 Å². The van der Waals surface area contributed by atoms with Gasteiger partial charge in [0, 0.05) is 38.6 Å². The number of hydrogen-bond donors (Lipinski definition) is 2. The molecular weight excluding hydrogens is 398 g/mol. The molecule has 1 aliphatic heterocycles. The molecular formula is C21H19N7O3. The maximum atomic E-state index is 12.8. The van der Waals surface area contributed by atoms with E-state index in [1.165, 1.54) is 0 Å². The third-order valence-corrected chi connectivity index (χ3v) is 5.18. The van der Waals surface area contributed by atoms with Crippen LogP contribution < -0.4 is 5.32 Å². The zero-order valence-corrected chi connectivity index (χ0v) is 16.6. The Morgan fingerprint density at radius 1 is 1.23 bits per heavy atom. The van der Waals surface area contributed by atoms with Gasteiger partial charge in [-0.15, -0.1) is 0 Å². The summed E-state index contributed by atoms with van der Waals surface area (Å²) in [5.74, 6) is 0.347. The van der Waals surface area contributed by atoms with Gasteiger partial charge in [-0.05, 0) is 24.3 Å². The quantitative estimate of drug-likeness (QED) is 0.515. The van der Waals surface area contributed by atoms with Crippen LogP contribution in [-0.2, 0) is 4.79 Å². The van der Waals surface area contributed by atoms with Crippen LogP contribution in [0.3, 0.4) is 0 Å². The van der Waals surface area contributed by atoms with Crippen LogP contribution in [0.2, 0.25) is 0 Å². The van der Waals surface area contributed by atoms with E-state index in [9.17, 15) is 9.59 Å². The fourth-order valence-electron chi connectivity index (χ4n) is 3.43. The van der Waals surface area contributed by atoms with Crippen molar-refractivity contribution in [3.8, 4) is 22.7 Å². The second kappa shape index (κ2) is 7.56. The first-order valence-corrected chi connectivity index (χ1v) is 9.75. The molecule has 4 aromatic rings. The minimum Gasteiger partial charge on any atom is -0.451 e. The van der Waals surface area contributed by atoms with Gasteiger partial charge in [-0.1, -0.05) is 6.07 Å². The van der Waals surface area contributed by atoms with E-state index in [0.717, 1.165) is 5.56 Å². The van der Waals surface area contributed by atoms with Crippen LogP contribution >= 0.6 is 0 Å². The minimum atomic E-state index is -0.398. The van der Waals surface area contributed by atoms with Crippen molar-refractivity contribution >= 4 is 17.5 Å². The number of nitrogens with zero attached hydrogens (tertiary/aromatic N) is 5. The number of amides is 2. The molecule has 156 valence electrons. The van der Waals surface area contributed by atoms with Gasteiger partial charge in [0.25, 0.3) is 5.91 Å². The number of likely N-dealkylation sites (tertiary alicyclic amines) is 1.